The van der Waals surface area contributed by atoms with Gasteiger partial charge in [-0.3, -0.25) is 4.79 Å². The highest BCUT2D eigenvalue weighted by Gasteiger charge is 2.21. The highest BCUT2D eigenvalue weighted by Crippen LogP contribution is 2.05. The molecule has 0 aromatic carbocycles. The highest BCUT2D eigenvalue weighted by molar-refractivity contribution is 5.97. The van der Waals surface area contributed by atoms with E-state index in [1.54, 1.807) is 4.90 Å². The van der Waals surface area contributed by atoms with Crippen LogP contribution in [0.15, 0.2) is 11.8 Å². The quantitative estimate of drug-likeness (QED) is 0.345. The van der Waals surface area contributed by atoms with Gasteiger partial charge in [-0.15, -0.1) is 0 Å². The van der Waals surface area contributed by atoms with Crippen molar-refractivity contribution >= 4 is 5.91 Å². The Morgan fingerprint density at radius 1 is 1.40 bits per heavy atom. The van der Waals surface area contributed by atoms with Gasteiger partial charge in [0.25, 0.3) is 5.91 Å². The zero-order valence-electron chi connectivity index (χ0n) is 11.8. The van der Waals surface area contributed by atoms with Gasteiger partial charge in [0.2, 0.25) is 0 Å². The van der Waals surface area contributed by atoms with Crippen LogP contribution in [0.3, 0.4) is 0 Å². The molecule has 1 amide bonds. The predicted molar refractivity (Wildman–Crippen MR) is 73.7 cm³/mol. The van der Waals surface area contributed by atoms with E-state index in [0.29, 0.717) is 26.2 Å². The molecular weight excluding hydrogens is 260 g/mol. The van der Waals surface area contributed by atoms with Crippen molar-refractivity contribution in [3.8, 4) is 6.07 Å². The van der Waals surface area contributed by atoms with Crippen molar-refractivity contribution in [2.24, 2.45) is 0 Å². The molecule has 1 aliphatic heterocycles. The first-order chi connectivity index (χ1) is 9.69. The van der Waals surface area contributed by atoms with Crippen LogP contribution in [0.1, 0.15) is 0 Å². The molecule has 0 radical (unpaired) electrons. The third-order valence-corrected chi connectivity index (χ3v) is 3.01. The third-order valence-electron chi connectivity index (χ3n) is 3.01. The Kier molecular flexibility index (Phi) is 7.65. The lowest BCUT2D eigenvalue weighted by Gasteiger charge is -2.32. The Balaban J connectivity index is 2.36. The third kappa shape index (κ3) is 5.57. The number of piperazine rings is 1. The van der Waals surface area contributed by atoms with Crippen LogP contribution in [0.4, 0.5) is 0 Å². The lowest BCUT2D eigenvalue weighted by Crippen LogP contribution is -2.47. The zero-order chi connectivity index (χ0) is 14.8. The molecule has 7 heteroatoms. The van der Waals surface area contributed by atoms with Gasteiger partial charge < -0.3 is 25.0 Å². The topological polar surface area (TPSA) is 88.8 Å². The number of amides is 1. The Morgan fingerprint density at radius 2 is 2.10 bits per heavy atom. The molecule has 1 aliphatic rings. The fourth-order valence-corrected chi connectivity index (χ4v) is 1.79. The molecule has 0 unspecified atom stereocenters. The van der Waals surface area contributed by atoms with E-state index in [4.69, 9.17) is 15.1 Å². The maximum Gasteiger partial charge on any atom is 0.266 e. The fraction of sp³-hybridized carbons (Fsp3) is 0.692. The molecule has 0 aromatic rings. The number of nitrogens with zero attached hydrogens (tertiary/aromatic N) is 3. The Bertz CT molecular complexity index is 370. The molecular formula is C13H22N4O3. The molecule has 0 bridgehead atoms. The fourth-order valence-electron chi connectivity index (χ4n) is 1.79. The van der Waals surface area contributed by atoms with E-state index in [9.17, 15) is 4.79 Å². The molecule has 0 spiro atoms. The summed E-state index contributed by atoms with van der Waals surface area (Å²) in [5, 5.41) is 20.4. The van der Waals surface area contributed by atoms with Crippen molar-refractivity contribution in [1.29, 1.82) is 5.26 Å². The van der Waals surface area contributed by atoms with Gasteiger partial charge in [-0.05, 0) is 7.05 Å². The first-order valence-corrected chi connectivity index (χ1v) is 6.69. The largest absolute Gasteiger partial charge is 0.394 e. The molecule has 20 heavy (non-hydrogen) atoms. The van der Waals surface area contributed by atoms with Crippen molar-refractivity contribution in [2.75, 3.05) is 59.6 Å². The number of aliphatic hydroxyl groups excluding tert-OH is 1. The standard InChI is InChI=1S/C13H22N4O3/c1-16-3-5-17(6-4-16)13(19)12(10-14)11-15-2-8-20-9-7-18/h11,15,18H,2-9H2,1H3/b12-11-. The Labute approximate surface area is 119 Å². The normalized spacial score (nSPS) is 16.9. The molecule has 1 fully saturated rings. The monoisotopic (exact) mass is 282 g/mol. The van der Waals surface area contributed by atoms with Crippen LogP contribution in [-0.2, 0) is 9.53 Å². The van der Waals surface area contributed by atoms with Crippen LogP contribution in [0, 0.1) is 11.3 Å². The summed E-state index contributed by atoms with van der Waals surface area (Å²) in [4.78, 5) is 16.0. The van der Waals surface area contributed by atoms with Crippen molar-refractivity contribution < 1.29 is 14.6 Å². The summed E-state index contributed by atoms with van der Waals surface area (Å²) >= 11 is 0. The second-order valence-corrected chi connectivity index (χ2v) is 4.56. The molecule has 0 aromatic heterocycles. The van der Waals surface area contributed by atoms with E-state index in [-0.39, 0.29) is 24.7 Å². The van der Waals surface area contributed by atoms with Crippen molar-refractivity contribution in [1.82, 2.24) is 15.1 Å². The van der Waals surface area contributed by atoms with Crippen LogP contribution < -0.4 is 5.32 Å². The number of aliphatic hydroxyl groups is 1. The van der Waals surface area contributed by atoms with Gasteiger partial charge in [0.05, 0.1) is 19.8 Å². The zero-order valence-corrected chi connectivity index (χ0v) is 11.8. The maximum atomic E-state index is 12.1. The number of carbonyl (C=O) groups is 1. The molecule has 1 saturated heterocycles. The van der Waals surface area contributed by atoms with Crippen LogP contribution >= 0.6 is 0 Å². The molecule has 0 aliphatic carbocycles. The molecule has 112 valence electrons. The van der Waals surface area contributed by atoms with Crippen molar-refractivity contribution in [3.63, 3.8) is 0 Å². The summed E-state index contributed by atoms with van der Waals surface area (Å²) in [6, 6.07) is 1.93. The van der Waals surface area contributed by atoms with E-state index in [1.165, 1.54) is 6.20 Å². The van der Waals surface area contributed by atoms with Gasteiger partial charge in [0.15, 0.2) is 0 Å². The lowest BCUT2D eigenvalue weighted by atomic mass is 10.2. The van der Waals surface area contributed by atoms with E-state index < -0.39 is 0 Å². The van der Waals surface area contributed by atoms with Gasteiger partial charge in [0.1, 0.15) is 11.6 Å². The van der Waals surface area contributed by atoms with Gasteiger partial charge in [-0.2, -0.15) is 5.26 Å². The van der Waals surface area contributed by atoms with Crippen LogP contribution in [0.25, 0.3) is 0 Å². The van der Waals surface area contributed by atoms with E-state index in [1.807, 2.05) is 13.1 Å². The first kappa shape index (κ1) is 16.4. The average Bonchev–Trinajstić information content (AvgIpc) is 2.47. The van der Waals surface area contributed by atoms with Crippen LogP contribution in [0.2, 0.25) is 0 Å². The van der Waals surface area contributed by atoms with Gasteiger partial charge in [-0.1, -0.05) is 0 Å². The average molecular weight is 282 g/mol. The second-order valence-electron chi connectivity index (χ2n) is 4.56. The molecule has 0 saturated carbocycles. The van der Waals surface area contributed by atoms with Crippen molar-refractivity contribution in [3.05, 3.63) is 11.8 Å². The Morgan fingerprint density at radius 3 is 2.70 bits per heavy atom. The smallest absolute Gasteiger partial charge is 0.266 e. The molecule has 7 nitrogen and oxygen atoms in total. The minimum Gasteiger partial charge on any atom is -0.394 e. The molecule has 0 atom stereocenters. The number of nitriles is 1. The lowest BCUT2D eigenvalue weighted by molar-refractivity contribution is -0.128. The van der Waals surface area contributed by atoms with Crippen LogP contribution in [0.5, 0.6) is 0 Å². The predicted octanol–water partition coefficient (Wildman–Crippen LogP) is -1.23. The number of hydrogen-bond donors (Lipinski definition) is 2. The number of nitrogens with one attached hydrogen (secondary N) is 1. The summed E-state index contributed by atoms with van der Waals surface area (Å²) in [5.74, 6) is -0.232. The summed E-state index contributed by atoms with van der Waals surface area (Å²) in [7, 11) is 2.01. The van der Waals surface area contributed by atoms with E-state index in [2.05, 4.69) is 10.2 Å². The minimum absolute atomic E-state index is 0.0127. The Hall–Kier alpha value is -1.62. The van der Waals surface area contributed by atoms with Gasteiger partial charge in [-0.25, -0.2) is 0 Å². The van der Waals surface area contributed by atoms with Crippen LogP contribution in [-0.4, -0.2) is 80.4 Å². The molecule has 1 heterocycles. The number of rotatable bonds is 7. The number of carbonyl (C=O) groups excluding carboxylic acids is 1. The van der Waals surface area contributed by atoms with E-state index in [0.717, 1.165) is 13.1 Å². The second kappa shape index (κ2) is 9.31. The van der Waals surface area contributed by atoms with E-state index >= 15 is 0 Å². The van der Waals surface area contributed by atoms with Crippen molar-refractivity contribution in [2.45, 2.75) is 0 Å². The maximum absolute atomic E-state index is 12.1. The summed E-state index contributed by atoms with van der Waals surface area (Å²) in [5.41, 5.74) is 0.108. The molecule has 1 rings (SSSR count). The summed E-state index contributed by atoms with van der Waals surface area (Å²) in [6.07, 6.45) is 1.43. The SMILES string of the molecule is CN1CCN(C(=O)/C(C#N)=C\NCCOCCO)CC1. The highest BCUT2D eigenvalue weighted by atomic mass is 16.5. The van der Waals surface area contributed by atoms with Gasteiger partial charge in [0, 0.05) is 38.9 Å². The first-order valence-electron chi connectivity index (χ1n) is 6.69. The molecule has 2 N–H and O–H groups in total. The number of ether oxygens (including phenoxy) is 1. The number of hydrogen-bond acceptors (Lipinski definition) is 6. The summed E-state index contributed by atoms with van der Waals surface area (Å²) in [6.45, 7) is 4.12. The minimum atomic E-state index is -0.232. The summed E-state index contributed by atoms with van der Waals surface area (Å²) < 4.78 is 5.06. The number of likely N-dealkylation sites (N-methyl/N-ethyl adjacent to an activating group) is 1. The van der Waals surface area contributed by atoms with Gasteiger partial charge >= 0.3 is 0 Å².